The van der Waals surface area contributed by atoms with Crippen LogP contribution in [0.15, 0.2) is 47.4 Å². The summed E-state index contributed by atoms with van der Waals surface area (Å²) < 4.78 is 34.6. The van der Waals surface area contributed by atoms with E-state index in [4.69, 9.17) is 4.74 Å². The molecule has 1 amide bonds. The Balaban J connectivity index is 1.51. The Bertz CT molecular complexity index is 1160. The van der Waals surface area contributed by atoms with Crippen LogP contribution >= 0.6 is 11.3 Å². The monoisotopic (exact) mass is 415 g/mol. The lowest BCUT2D eigenvalue weighted by Crippen LogP contribution is -2.31. The zero-order valence-corrected chi connectivity index (χ0v) is 16.4. The van der Waals surface area contributed by atoms with E-state index in [2.05, 4.69) is 10.3 Å². The first-order valence-electron chi connectivity index (χ1n) is 8.96. The van der Waals surface area contributed by atoms with E-state index in [1.54, 1.807) is 6.07 Å². The minimum absolute atomic E-state index is 0.0646. The lowest BCUT2D eigenvalue weighted by atomic mass is 10.2. The van der Waals surface area contributed by atoms with Crippen LogP contribution < -0.4 is 10.1 Å². The van der Waals surface area contributed by atoms with Crippen molar-refractivity contribution in [1.82, 2.24) is 9.29 Å². The highest BCUT2D eigenvalue weighted by atomic mass is 32.2. The molecule has 1 saturated heterocycles. The van der Waals surface area contributed by atoms with Crippen LogP contribution in [0.25, 0.3) is 10.2 Å². The molecule has 1 atom stereocenters. The number of anilines is 1. The Morgan fingerprint density at radius 2 is 2.07 bits per heavy atom. The minimum atomic E-state index is -3.73. The minimum Gasteiger partial charge on any atom is -0.482 e. The van der Waals surface area contributed by atoms with E-state index < -0.39 is 10.0 Å². The third kappa shape index (κ3) is 2.86. The zero-order valence-electron chi connectivity index (χ0n) is 14.8. The average Bonchev–Trinajstić information content (AvgIpc) is 3.34. The molecule has 0 saturated carbocycles. The number of ether oxygens (including phenoxy) is 1. The van der Waals surface area contributed by atoms with E-state index in [1.165, 1.54) is 27.8 Å². The number of thiazole rings is 1. The van der Waals surface area contributed by atoms with Gasteiger partial charge in [0.05, 0.1) is 26.8 Å². The van der Waals surface area contributed by atoms with Crippen LogP contribution in [0.3, 0.4) is 0 Å². The van der Waals surface area contributed by atoms with E-state index in [0.717, 1.165) is 28.1 Å². The van der Waals surface area contributed by atoms with Crippen molar-refractivity contribution in [3.05, 3.63) is 47.5 Å². The summed E-state index contributed by atoms with van der Waals surface area (Å²) in [6, 6.07) is 12.1. The molecule has 1 fully saturated rings. The topological polar surface area (TPSA) is 88.6 Å². The highest BCUT2D eigenvalue weighted by molar-refractivity contribution is 7.89. The number of para-hydroxylation sites is 1. The van der Waals surface area contributed by atoms with E-state index in [-0.39, 0.29) is 23.5 Å². The standard InChI is InChI=1S/C19H17N3O4S2/c23-18-11-26-16-8-7-12(10-14(16)20-18)28(24,25)22-9-3-5-15(22)19-21-13-4-1-2-6-17(13)27-19/h1-2,4,6-8,10,15H,3,5,9,11H2,(H,20,23). The lowest BCUT2D eigenvalue weighted by Gasteiger charge is -2.24. The predicted molar refractivity (Wildman–Crippen MR) is 106 cm³/mol. The molecule has 2 aliphatic rings. The molecule has 0 spiro atoms. The second-order valence-electron chi connectivity index (χ2n) is 6.79. The van der Waals surface area contributed by atoms with Gasteiger partial charge in [0.15, 0.2) is 6.61 Å². The van der Waals surface area contributed by atoms with Gasteiger partial charge >= 0.3 is 0 Å². The van der Waals surface area contributed by atoms with Crippen molar-refractivity contribution < 1.29 is 17.9 Å². The Morgan fingerprint density at radius 3 is 2.93 bits per heavy atom. The van der Waals surface area contributed by atoms with E-state index in [0.29, 0.717) is 18.0 Å². The second-order valence-corrected chi connectivity index (χ2v) is 9.74. The number of nitrogens with one attached hydrogen (secondary N) is 1. The first-order valence-corrected chi connectivity index (χ1v) is 11.2. The maximum Gasteiger partial charge on any atom is 0.262 e. The lowest BCUT2D eigenvalue weighted by molar-refractivity contribution is -0.118. The molecule has 0 radical (unpaired) electrons. The third-order valence-corrected chi connectivity index (χ3v) is 8.03. The van der Waals surface area contributed by atoms with Gasteiger partial charge in [0.1, 0.15) is 10.8 Å². The van der Waals surface area contributed by atoms with Crippen LogP contribution in [0.4, 0.5) is 5.69 Å². The highest BCUT2D eigenvalue weighted by Gasteiger charge is 2.38. The van der Waals surface area contributed by atoms with Gasteiger partial charge < -0.3 is 10.1 Å². The normalized spacial score (nSPS) is 20.0. The van der Waals surface area contributed by atoms with Crippen molar-refractivity contribution in [1.29, 1.82) is 0 Å². The van der Waals surface area contributed by atoms with Crippen LogP contribution in [-0.2, 0) is 14.8 Å². The van der Waals surface area contributed by atoms with Gasteiger partial charge in [-0.3, -0.25) is 4.79 Å². The molecule has 2 aromatic carbocycles. The van der Waals surface area contributed by atoms with Crippen LogP contribution in [0.1, 0.15) is 23.9 Å². The Kier molecular flexibility index (Phi) is 4.11. The summed E-state index contributed by atoms with van der Waals surface area (Å²) in [5.74, 6) is 0.179. The van der Waals surface area contributed by atoms with Gasteiger partial charge in [-0.05, 0) is 43.2 Å². The molecule has 3 heterocycles. The Morgan fingerprint density at radius 1 is 1.21 bits per heavy atom. The maximum absolute atomic E-state index is 13.3. The third-order valence-electron chi connectivity index (χ3n) is 4.99. The Labute approximate surface area is 166 Å². The van der Waals surface area contributed by atoms with Crippen molar-refractivity contribution in [2.45, 2.75) is 23.8 Å². The SMILES string of the molecule is O=C1COc2ccc(S(=O)(=O)N3CCCC3c3nc4ccccc4s3)cc2N1. The summed E-state index contributed by atoms with van der Waals surface area (Å²) in [6.45, 7) is 0.383. The molecule has 144 valence electrons. The van der Waals surface area contributed by atoms with Crippen molar-refractivity contribution in [3.63, 3.8) is 0 Å². The van der Waals surface area contributed by atoms with Gasteiger partial charge in [0, 0.05) is 6.54 Å². The largest absolute Gasteiger partial charge is 0.482 e. The molecule has 9 heteroatoms. The number of hydrogen-bond acceptors (Lipinski definition) is 6. The number of aromatic nitrogens is 1. The van der Waals surface area contributed by atoms with E-state index in [9.17, 15) is 13.2 Å². The molecule has 1 N–H and O–H groups in total. The molecule has 0 bridgehead atoms. The molecule has 7 nitrogen and oxygen atoms in total. The number of sulfonamides is 1. The van der Waals surface area contributed by atoms with Gasteiger partial charge in [-0.2, -0.15) is 4.31 Å². The summed E-state index contributed by atoms with van der Waals surface area (Å²) >= 11 is 1.54. The number of fused-ring (bicyclic) bond motifs is 2. The maximum atomic E-state index is 13.3. The second kappa shape index (κ2) is 6.54. The molecular formula is C19H17N3O4S2. The van der Waals surface area contributed by atoms with Crippen molar-refractivity contribution in [2.75, 3.05) is 18.5 Å². The number of benzene rings is 2. The van der Waals surface area contributed by atoms with Crippen molar-refractivity contribution >= 4 is 43.2 Å². The van der Waals surface area contributed by atoms with Crippen LogP contribution in [0.2, 0.25) is 0 Å². The van der Waals surface area contributed by atoms with Gasteiger partial charge in [-0.25, -0.2) is 13.4 Å². The quantitative estimate of drug-likeness (QED) is 0.710. The molecule has 1 aromatic heterocycles. The summed E-state index contributed by atoms with van der Waals surface area (Å²) in [7, 11) is -3.73. The number of amides is 1. The van der Waals surface area contributed by atoms with Crippen molar-refractivity contribution in [2.24, 2.45) is 0 Å². The van der Waals surface area contributed by atoms with E-state index >= 15 is 0 Å². The Hall–Kier alpha value is -2.49. The van der Waals surface area contributed by atoms with Gasteiger partial charge in [0.25, 0.3) is 5.91 Å². The first-order chi connectivity index (χ1) is 13.5. The first kappa shape index (κ1) is 17.6. The number of carbonyl (C=O) groups is 1. The molecular weight excluding hydrogens is 398 g/mol. The molecule has 2 aliphatic heterocycles. The van der Waals surface area contributed by atoms with Crippen LogP contribution in [0.5, 0.6) is 5.75 Å². The fourth-order valence-corrected chi connectivity index (χ4v) is 6.53. The summed E-state index contributed by atoms with van der Waals surface area (Å²) in [4.78, 5) is 16.4. The number of nitrogens with zero attached hydrogens (tertiary/aromatic N) is 2. The number of carbonyl (C=O) groups excluding carboxylic acids is 1. The molecule has 28 heavy (non-hydrogen) atoms. The summed E-state index contributed by atoms with van der Waals surface area (Å²) in [6.07, 6.45) is 1.52. The van der Waals surface area contributed by atoms with Crippen molar-refractivity contribution in [3.8, 4) is 5.75 Å². The summed E-state index contributed by atoms with van der Waals surface area (Å²) in [5, 5.41) is 3.48. The summed E-state index contributed by atoms with van der Waals surface area (Å²) in [5.41, 5.74) is 1.27. The molecule has 1 unspecified atom stereocenters. The average molecular weight is 415 g/mol. The van der Waals surface area contributed by atoms with E-state index in [1.807, 2.05) is 24.3 Å². The van der Waals surface area contributed by atoms with Gasteiger partial charge in [-0.1, -0.05) is 12.1 Å². The van der Waals surface area contributed by atoms with Gasteiger partial charge in [0.2, 0.25) is 10.0 Å². The fraction of sp³-hybridized carbons (Fsp3) is 0.263. The van der Waals surface area contributed by atoms with Gasteiger partial charge in [-0.15, -0.1) is 11.3 Å². The number of rotatable bonds is 3. The highest BCUT2D eigenvalue weighted by Crippen LogP contribution is 2.40. The fourth-order valence-electron chi connectivity index (χ4n) is 3.67. The predicted octanol–water partition coefficient (Wildman–Crippen LogP) is 3.15. The zero-order chi connectivity index (χ0) is 19.3. The molecule has 5 rings (SSSR count). The molecule has 3 aromatic rings. The molecule has 0 aliphatic carbocycles. The number of hydrogen-bond donors (Lipinski definition) is 1. The smallest absolute Gasteiger partial charge is 0.262 e. The van der Waals surface area contributed by atoms with Crippen LogP contribution in [0, 0.1) is 0 Å². The van der Waals surface area contributed by atoms with Crippen LogP contribution in [-0.4, -0.2) is 36.8 Å².